The molecular formula is C19H14BrNO2. The van der Waals surface area contributed by atoms with Crippen LogP contribution in [0.1, 0.15) is 6.42 Å². The number of carbonyl (C=O) groups excluding carboxylic acids is 2. The molecule has 2 aromatic carbocycles. The molecule has 1 saturated heterocycles. The number of allylic oxidation sites excluding steroid dienone is 2. The van der Waals surface area contributed by atoms with Crippen LogP contribution < -0.4 is 4.90 Å². The first-order valence-electron chi connectivity index (χ1n) is 7.90. The van der Waals surface area contributed by atoms with Crippen LogP contribution in [-0.4, -0.2) is 11.8 Å². The van der Waals surface area contributed by atoms with E-state index < -0.39 is 0 Å². The number of nitrogens with zero attached hydrogens (tertiary/aromatic N) is 1. The van der Waals surface area contributed by atoms with Crippen molar-refractivity contribution in [3.8, 4) is 0 Å². The number of rotatable bonds is 1. The van der Waals surface area contributed by atoms with E-state index in [1.807, 2.05) is 36.4 Å². The summed E-state index contributed by atoms with van der Waals surface area (Å²) in [7, 11) is 0. The first-order valence-corrected chi connectivity index (χ1v) is 8.69. The zero-order valence-corrected chi connectivity index (χ0v) is 13.9. The quantitative estimate of drug-likeness (QED) is 0.565. The molecule has 0 spiro atoms. The first kappa shape index (κ1) is 13.5. The molecule has 2 aromatic rings. The predicted octanol–water partition coefficient (Wildman–Crippen LogP) is 3.91. The lowest BCUT2D eigenvalue weighted by atomic mass is 9.85. The largest absolute Gasteiger partial charge is 0.274 e. The lowest BCUT2D eigenvalue weighted by Gasteiger charge is -2.19. The monoisotopic (exact) mass is 367 g/mol. The van der Waals surface area contributed by atoms with Gasteiger partial charge in [0, 0.05) is 9.86 Å². The van der Waals surface area contributed by atoms with E-state index in [1.54, 1.807) is 0 Å². The predicted molar refractivity (Wildman–Crippen MR) is 91.9 cm³/mol. The van der Waals surface area contributed by atoms with E-state index in [0.717, 1.165) is 21.7 Å². The summed E-state index contributed by atoms with van der Waals surface area (Å²) in [6.07, 6.45) is 5.21. The molecule has 114 valence electrons. The molecular weight excluding hydrogens is 354 g/mol. The summed E-state index contributed by atoms with van der Waals surface area (Å²) < 4.78 is 0.970. The Morgan fingerprint density at radius 2 is 1.48 bits per heavy atom. The Morgan fingerprint density at radius 1 is 0.870 bits per heavy atom. The van der Waals surface area contributed by atoms with Crippen molar-refractivity contribution in [2.24, 2.45) is 23.7 Å². The van der Waals surface area contributed by atoms with Gasteiger partial charge in [0.25, 0.3) is 0 Å². The van der Waals surface area contributed by atoms with Crippen molar-refractivity contribution in [2.45, 2.75) is 6.42 Å². The van der Waals surface area contributed by atoms with E-state index in [4.69, 9.17) is 0 Å². The molecule has 5 rings (SSSR count). The number of anilines is 1. The summed E-state index contributed by atoms with van der Waals surface area (Å²) in [6.45, 7) is 0. The van der Waals surface area contributed by atoms with Gasteiger partial charge >= 0.3 is 0 Å². The van der Waals surface area contributed by atoms with Crippen molar-refractivity contribution < 1.29 is 9.59 Å². The first-order chi connectivity index (χ1) is 11.2. The highest BCUT2D eigenvalue weighted by Gasteiger charge is 2.59. The summed E-state index contributed by atoms with van der Waals surface area (Å²) in [4.78, 5) is 27.4. The van der Waals surface area contributed by atoms with E-state index in [-0.39, 0.29) is 35.5 Å². The minimum absolute atomic E-state index is 0.0238. The Hall–Kier alpha value is -1.94. The van der Waals surface area contributed by atoms with Crippen LogP contribution in [0.2, 0.25) is 0 Å². The molecule has 2 amide bonds. The van der Waals surface area contributed by atoms with Crippen LogP contribution in [0.25, 0.3) is 10.8 Å². The third-order valence-electron chi connectivity index (χ3n) is 5.56. The lowest BCUT2D eigenvalue weighted by Crippen LogP contribution is -2.33. The molecule has 2 aliphatic carbocycles. The van der Waals surface area contributed by atoms with Crippen molar-refractivity contribution in [3.05, 3.63) is 53.0 Å². The van der Waals surface area contributed by atoms with Crippen molar-refractivity contribution in [1.82, 2.24) is 0 Å². The maximum atomic E-state index is 13.0. The van der Waals surface area contributed by atoms with Crippen molar-refractivity contribution in [3.63, 3.8) is 0 Å². The number of benzene rings is 2. The molecule has 3 nitrogen and oxygen atoms in total. The Labute approximate surface area is 142 Å². The Kier molecular flexibility index (Phi) is 2.66. The summed E-state index contributed by atoms with van der Waals surface area (Å²) in [5.41, 5.74) is 0.715. The highest BCUT2D eigenvalue weighted by molar-refractivity contribution is 9.10. The molecule has 2 fully saturated rings. The fraction of sp³-hybridized carbons (Fsp3) is 0.263. The molecule has 4 heteroatoms. The topological polar surface area (TPSA) is 37.4 Å². The number of imide groups is 1. The van der Waals surface area contributed by atoms with Gasteiger partial charge < -0.3 is 0 Å². The molecule has 4 unspecified atom stereocenters. The van der Waals surface area contributed by atoms with Crippen LogP contribution in [0.4, 0.5) is 5.69 Å². The van der Waals surface area contributed by atoms with E-state index in [2.05, 4.69) is 28.1 Å². The highest BCUT2D eigenvalue weighted by atomic mass is 79.9. The number of halogens is 1. The fourth-order valence-corrected chi connectivity index (χ4v) is 5.06. The molecule has 23 heavy (non-hydrogen) atoms. The fourth-order valence-electron chi connectivity index (χ4n) is 4.58. The molecule has 0 radical (unpaired) electrons. The lowest BCUT2D eigenvalue weighted by molar-refractivity contribution is -0.123. The number of carbonyl (C=O) groups is 2. The Bertz CT molecular complexity index is 873. The van der Waals surface area contributed by atoms with Crippen molar-refractivity contribution >= 4 is 44.2 Å². The molecule has 0 N–H and O–H groups in total. The number of hydrogen-bond acceptors (Lipinski definition) is 2. The minimum Gasteiger partial charge on any atom is -0.274 e. The van der Waals surface area contributed by atoms with Gasteiger partial charge in [-0.05, 0) is 35.8 Å². The molecule has 2 bridgehead atoms. The zero-order chi connectivity index (χ0) is 15.7. The van der Waals surface area contributed by atoms with Crippen LogP contribution in [0.3, 0.4) is 0 Å². The number of hydrogen-bond donors (Lipinski definition) is 0. The third kappa shape index (κ3) is 1.65. The summed E-state index contributed by atoms with van der Waals surface area (Å²) in [6, 6.07) is 11.7. The molecule has 1 heterocycles. The highest BCUT2D eigenvalue weighted by Crippen LogP contribution is 2.53. The van der Waals surface area contributed by atoms with Crippen LogP contribution in [0.15, 0.2) is 53.0 Å². The Morgan fingerprint density at radius 3 is 2.13 bits per heavy atom. The van der Waals surface area contributed by atoms with Gasteiger partial charge in [0.2, 0.25) is 11.8 Å². The van der Waals surface area contributed by atoms with Gasteiger partial charge in [0.15, 0.2) is 0 Å². The van der Waals surface area contributed by atoms with Gasteiger partial charge in [-0.2, -0.15) is 0 Å². The van der Waals surface area contributed by atoms with Gasteiger partial charge in [-0.1, -0.05) is 52.3 Å². The third-order valence-corrected chi connectivity index (χ3v) is 6.25. The molecule has 0 aromatic heterocycles. The molecule has 1 aliphatic heterocycles. The maximum Gasteiger partial charge on any atom is 0.238 e. The van der Waals surface area contributed by atoms with Crippen molar-refractivity contribution in [1.29, 1.82) is 0 Å². The zero-order valence-electron chi connectivity index (χ0n) is 12.3. The maximum absolute atomic E-state index is 13.0. The van der Waals surface area contributed by atoms with Gasteiger partial charge in [0.1, 0.15) is 0 Å². The average Bonchev–Trinajstić information content (AvgIpc) is 3.24. The van der Waals surface area contributed by atoms with E-state index in [0.29, 0.717) is 5.69 Å². The molecule has 1 saturated carbocycles. The van der Waals surface area contributed by atoms with Crippen LogP contribution in [0, 0.1) is 23.7 Å². The van der Waals surface area contributed by atoms with Crippen LogP contribution in [0.5, 0.6) is 0 Å². The van der Waals surface area contributed by atoms with Gasteiger partial charge in [-0.25, -0.2) is 4.90 Å². The second-order valence-electron chi connectivity index (χ2n) is 6.62. The average molecular weight is 368 g/mol. The SMILES string of the molecule is O=C1C2C3C=CC(C3)C2C(=O)N1c1ccc(Br)c2ccccc12. The second-order valence-corrected chi connectivity index (χ2v) is 7.48. The van der Waals surface area contributed by atoms with Gasteiger partial charge in [0.05, 0.1) is 17.5 Å². The van der Waals surface area contributed by atoms with Gasteiger partial charge in [-0.15, -0.1) is 0 Å². The second kappa shape index (κ2) is 4.54. The van der Waals surface area contributed by atoms with E-state index in [9.17, 15) is 9.59 Å². The smallest absolute Gasteiger partial charge is 0.238 e. The van der Waals surface area contributed by atoms with E-state index in [1.165, 1.54) is 4.90 Å². The number of fused-ring (bicyclic) bond motifs is 6. The van der Waals surface area contributed by atoms with Crippen LogP contribution >= 0.6 is 15.9 Å². The Balaban J connectivity index is 1.68. The number of amides is 2. The standard InChI is InChI=1S/C19H14BrNO2/c20-14-7-8-15(13-4-2-1-3-12(13)14)21-18(22)16-10-5-6-11(9-10)17(16)19(21)23/h1-8,10-11,16-17H,9H2. The minimum atomic E-state index is -0.153. The normalized spacial score (nSPS) is 31.4. The van der Waals surface area contributed by atoms with Crippen molar-refractivity contribution in [2.75, 3.05) is 4.90 Å². The molecule has 4 atom stereocenters. The van der Waals surface area contributed by atoms with E-state index >= 15 is 0 Å². The summed E-state index contributed by atoms with van der Waals surface area (Å²) in [5.74, 6) is 0.134. The summed E-state index contributed by atoms with van der Waals surface area (Å²) in [5, 5.41) is 1.95. The van der Waals surface area contributed by atoms with Crippen LogP contribution in [-0.2, 0) is 9.59 Å². The summed E-state index contributed by atoms with van der Waals surface area (Å²) >= 11 is 3.55. The molecule has 3 aliphatic rings. The van der Waals surface area contributed by atoms with Gasteiger partial charge in [-0.3, -0.25) is 9.59 Å².